The van der Waals surface area contributed by atoms with Crippen molar-refractivity contribution < 1.29 is 33.1 Å². The number of nitrogens with zero attached hydrogens (tertiary/aromatic N) is 1. The predicted octanol–water partition coefficient (Wildman–Crippen LogP) is 5.10. The lowest BCUT2D eigenvalue weighted by Gasteiger charge is -2.64. The average Bonchev–Trinajstić information content (AvgIpc) is 3.51. The molecular formula is C32H48BNO7S. The van der Waals surface area contributed by atoms with E-state index in [2.05, 4.69) is 20.8 Å². The van der Waals surface area contributed by atoms with Gasteiger partial charge in [-0.1, -0.05) is 19.9 Å². The van der Waals surface area contributed by atoms with E-state index in [0.29, 0.717) is 42.3 Å². The fourth-order valence-electron chi connectivity index (χ4n) is 7.88. The Bertz CT molecular complexity index is 1210. The summed E-state index contributed by atoms with van der Waals surface area (Å²) in [4.78, 5) is 27.9. The number of rotatable bonds is 7. The first-order chi connectivity index (χ1) is 19.3. The Morgan fingerprint density at radius 1 is 1.14 bits per heavy atom. The number of aryl methyl sites for hydroxylation is 1. The van der Waals surface area contributed by atoms with Gasteiger partial charge in [-0.2, -0.15) is 13.5 Å². The summed E-state index contributed by atoms with van der Waals surface area (Å²) in [5.74, 6) is 1.39. The average molecular weight is 602 g/mol. The molecule has 0 N–H and O–H groups in total. The largest absolute Gasteiger partial charge is 0.486 e. The Labute approximate surface area is 258 Å². The van der Waals surface area contributed by atoms with E-state index in [0.717, 1.165) is 49.0 Å². The highest BCUT2D eigenvalue weighted by Gasteiger charge is 2.67. The Balaban J connectivity index is 0.00000353. The van der Waals surface area contributed by atoms with Gasteiger partial charge < -0.3 is 28.4 Å². The second-order valence-corrected chi connectivity index (χ2v) is 14.6. The third kappa shape index (κ3) is 5.61. The summed E-state index contributed by atoms with van der Waals surface area (Å²) >= 11 is 0. The molecule has 0 spiro atoms. The first-order valence-electron chi connectivity index (χ1n) is 15.5. The molecule has 0 radical (unpaired) electrons. The van der Waals surface area contributed by atoms with E-state index < -0.39 is 11.6 Å². The normalized spacial score (nSPS) is 31.5. The van der Waals surface area contributed by atoms with E-state index in [1.165, 1.54) is 6.42 Å². The van der Waals surface area contributed by atoms with Crippen molar-refractivity contribution in [2.45, 2.75) is 116 Å². The lowest BCUT2D eigenvalue weighted by Crippen LogP contribution is -2.65. The smallest absolute Gasteiger partial charge is 0.457 e. The second-order valence-electron chi connectivity index (χ2n) is 14.6. The van der Waals surface area contributed by atoms with Gasteiger partial charge in [-0.25, -0.2) is 4.79 Å². The van der Waals surface area contributed by atoms with Crippen molar-refractivity contribution in [3.05, 3.63) is 28.8 Å². The van der Waals surface area contributed by atoms with Crippen LogP contribution < -0.4 is 4.74 Å². The topological polar surface area (TPSA) is 83.5 Å². The number of carbonyl (C=O) groups is 2. The third-order valence-electron chi connectivity index (χ3n) is 10.5. The minimum atomic E-state index is -0.635. The molecule has 232 valence electrons. The molecule has 7 rings (SSSR count). The molecule has 42 heavy (non-hydrogen) atoms. The summed E-state index contributed by atoms with van der Waals surface area (Å²) in [6, 6.07) is 3.91. The van der Waals surface area contributed by atoms with E-state index in [1.54, 1.807) is 4.90 Å². The highest BCUT2D eigenvalue weighted by Crippen LogP contribution is 2.65. The van der Waals surface area contributed by atoms with E-state index >= 15 is 0 Å². The zero-order valence-electron chi connectivity index (χ0n) is 26.3. The standard InChI is InChI=1S/C32H46BNO7.H2S/c1-19-20(12-13-33-40-26-16-21-15-25(31(21,5)6)32(26,7)41-33)10-11-23(27(19)29(36)39-30(2,3)4)38-22-17-34(18-22)28(35)24-9-8-14-37-24;/h10-11,21-22,24-26H,8-9,12-18H2,1-7H3;1H2/t21-,24-,25-,26+,32-;/m0./s1. The SMILES string of the molecule is Cc1c(CCB2O[C@@H]3C[C@@H]4C[C@@H](C4(C)C)[C@]3(C)O2)ccc(OC2CN(C(=O)[C@@H]3CCCO3)C2)c1C(=O)OC(C)(C)C.S. The molecule has 8 nitrogen and oxygen atoms in total. The molecule has 0 unspecified atom stereocenters. The van der Waals surface area contributed by atoms with Gasteiger partial charge in [0.15, 0.2) is 0 Å². The zero-order valence-corrected chi connectivity index (χ0v) is 27.3. The molecule has 2 bridgehead atoms. The molecule has 3 aliphatic carbocycles. The number of esters is 1. The van der Waals surface area contributed by atoms with E-state index in [-0.39, 0.29) is 50.4 Å². The van der Waals surface area contributed by atoms with Crippen LogP contribution in [0.2, 0.25) is 6.32 Å². The molecule has 3 aliphatic heterocycles. The highest BCUT2D eigenvalue weighted by atomic mass is 32.1. The maximum Gasteiger partial charge on any atom is 0.457 e. The Morgan fingerprint density at radius 3 is 2.52 bits per heavy atom. The van der Waals surface area contributed by atoms with Gasteiger partial charge in [-0.15, -0.1) is 0 Å². The molecule has 6 aliphatic rings. The van der Waals surface area contributed by atoms with Gasteiger partial charge >= 0.3 is 13.1 Å². The van der Waals surface area contributed by atoms with Crippen LogP contribution in [-0.4, -0.2) is 73.1 Å². The number of hydrogen-bond acceptors (Lipinski definition) is 7. The van der Waals surface area contributed by atoms with Gasteiger partial charge in [0.2, 0.25) is 0 Å². The second kappa shape index (κ2) is 11.3. The summed E-state index contributed by atoms with van der Waals surface area (Å²) < 4.78 is 30.7. The Hall–Kier alpha value is -1.75. The molecule has 1 aromatic carbocycles. The molecule has 3 saturated carbocycles. The number of carbonyl (C=O) groups excluding carboxylic acids is 2. The molecule has 3 heterocycles. The first-order valence-corrected chi connectivity index (χ1v) is 15.5. The molecule has 10 heteroatoms. The monoisotopic (exact) mass is 601 g/mol. The summed E-state index contributed by atoms with van der Waals surface area (Å²) in [5, 5.41) is 0. The van der Waals surface area contributed by atoms with Gasteiger partial charge in [-0.05, 0) is 107 Å². The molecule has 5 atom stereocenters. The highest BCUT2D eigenvalue weighted by molar-refractivity contribution is 7.59. The van der Waals surface area contributed by atoms with Gasteiger partial charge in [0.1, 0.15) is 29.1 Å². The van der Waals surface area contributed by atoms with Gasteiger partial charge in [0.05, 0.1) is 24.8 Å². The lowest BCUT2D eigenvalue weighted by atomic mass is 9.43. The van der Waals surface area contributed by atoms with Crippen molar-refractivity contribution in [1.82, 2.24) is 4.90 Å². The summed E-state index contributed by atoms with van der Waals surface area (Å²) in [6.07, 6.45) is 5.11. The zero-order chi connectivity index (χ0) is 29.3. The number of ether oxygens (including phenoxy) is 3. The van der Waals surface area contributed by atoms with Crippen LogP contribution in [0.1, 0.15) is 88.7 Å². The van der Waals surface area contributed by atoms with Gasteiger partial charge in [-0.3, -0.25) is 4.79 Å². The van der Waals surface area contributed by atoms with Crippen LogP contribution in [0.3, 0.4) is 0 Å². The van der Waals surface area contributed by atoms with E-state index in [4.69, 9.17) is 23.5 Å². The van der Waals surface area contributed by atoms with Crippen molar-refractivity contribution in [3.63, 3.8) is 0 Å². The molecule has 0 aromatic heterocycles. The molecule has 1 aromatic rings. The van der Waals surface area contributed by atoms with Crippen molar-refractivity contribution in [2.24, 2.45) is 17.3 Å². The van der Waals surface area contributed by atoms with Crippen LogP contribution in [0, 0.1) is 24.2 Å². The molecule has 1 amide bonds. The summed E-state index contributed by atoms with van der Waals surface area (Å²) in [6.45, 7) is 16.2. The van der Waals surface area contributed by atoms with Crippen LogP contribution in [0.4, 0.5) is 0 Å². The van der Waals surface area contributed by atoms with Gasteiger partial charge in [0.25, 0.3) is 5.91 Å². The summed E-state index contributed by atoms with van der Waals surface area (Å²) in [7, 11) is -0.247. The maximum absolute atomic E-state index is 13.4. The van der Waals surface area contributed by atoms with E-state index in [1.807, 2.05) is 39.8 Å². The van der Waals surface area contributed by atoms with Crippen LogP contribution in [0.15, 0.2) is 12.1 Å². The Morgan fingerprint density at radius 2 is 1.88 bits per heavy atom. The minimum Gasteiger partial charge on any atom is -0.486 e. The fourth-order valence-corrected chi connectivity index (χ4v) is 7.88. The maximum atomic E-state index is 13.4. The van der Waals surface area contributed by atoms with Gasteiger partial charge in [0, 0.05) is 6.61 Å². The number of hydrogen-bond donors (Lipinski definition) is 0. The third-order valence-corrected chi connectivity index (χ3v) is 10.5. The molecule has 3 saturated heterocycles. The van der Waals surface area contributed by atoms with Crippen LogP contribution in [0.5, 0.6) is 5.75 Å². The number of amides is 1. The first kappa shape index (κ1) is 31.7. The predicted molar refractivity (Wildman–Crippen MR) is 165 cm³/mol. The van der Waals surface area contributed by atoms with Crippen molar-refractivity contribution in [3.8, 4) is 5.75 Å². The summed E-state index contributed by atoms with van der Waals surface area (Å²) in [5.41, 5.74) is 1.82. The van der Waals surface area contributed by atoms with Crippen LogP contribution in [-0.2, 0) is 30.0 Å². The van der Waals surface area contributed by atoms with Crippen LogP contribution in [0.25, 0.3) is 0 Å². The fraction of sp³-hybridized carbons (Fsp3) is 0.750. The Kier molecular flexibility index (Phi) is 8.53. The van der Waals surface area contributed by atoms with Crippen molar-refractivity contribution in [1.29, 1.82) is 0 Å². The molecule has 6 fully saturated rings. The minimum absolute atomic E-state index is 0. The van der Waals surface area contributed by atoms with Crippen LogP contribution >= 0.6 is 13.5 Å². The lowest BCUT2D eigenvalue weighted by molar-refractivity contribution is -0.199. The molecular weight excluding hydrogens is 553 g/mol. The quantitative estimate of drug-likeness (QED) is 0.318. The number of benzene rings is 1. The number of likely N-dealkylation sites (tertiary alicyclic amines) is 1. The van der Waals surface area contributed by atoms with Crippen molar-refractivity contribution >= 4 is 32.5 Å². The van der Waals surface area contributed by atoms with E-state index in [9.17, 15) is 9.59 Å². The van der Waals surface area contributed by atoms with Crippen molar-refractivity contribution in [2.75, 3.05) is 19.7 Å².